The normalized spacial score (nSPS) is 11.6. The largest absolute Gasteiger partial charge is 0.389 e. The highest BCUT2D eigenvalue weighted by atomic mass is 29.8. The molecule has 0 aromatic carbocycles. The van der Waals surface area contributed by atoms with Gasteiger partial charge in [-0.1, -0.05) is 25.2 Å². The zero-order valence-electron chi connectivity index (χ0n) is 8.09. The van der Waals surface area contributed by atoms with Gasteiger partial charge >= 0.3 is 24.4 Å². The minimum absolute atomic E-state index is 0.766. The molecule has 0 spiro atoms. The van der Waals surface area contributed by atoms with Crippen molar-refractivity contribution in [2.75, 3.05) is 0 Å². The molecular weight excluding hydrogens is 232 g/mol. The monoisotopic (exact) mass is 245 g/mol. The van der Waals surface area contributed by atoms with Gasteiger partial charge < -0.3 is 13.4 Å². The third-order valence-electron chi connectivity index (χ3n) is 1.78. The van der Waals surface area contributed by atoms with E-state index in [1.165, 1.54) is 0 Å². The summed E-state index contributed by atoms with van der Waals surface area (Å²) >= 11 is 0. The topological polar surface area (TPSA) is 51.2 Å². The minimum atomic E-state index is -2.30. The van der Waals surface area contributed by atoms with Crippen LogP contribution in [0.15, 0.2) is 12.2 Å². The molecule has 0 saturated carbocycles. The summed E-state index contributed by atoms with van der Waals surface area (Å²) in [5, 5.41) is 0. The second kappa shape index (κ2) is 5.68. The van der Waals surface area contributed by atoms with Crippen molar-refractivity contribution in [3.8, 4) is 0 Å². The molecule has 0 unspecified atom stereocenters. The Kier molecular flexibility index (Phi) is 5.68. The van der Waals surface area contributed by atoms with E-state index >= 15 is 0 Å². The van der Waals surface area contributed by atoms with Gasteiger partial charge in [0, 0.05) is 0 Å². The average Bonchev–Trinajstić information content (AvgIpc) is 2.12. The fourth-order valence-corrected chi connectivity index (χ4v) is 23.4. The predicted octanol–water partition coefficient (Wildman–Crippen LogP) is 0.818. The van der Waals surface area contributed by atoms with Crippen LogP contribution in [-0.4, -0.2) is 32.0 Å². The number of allylic oxidation sites excluding steroid dienone is 2. The van der Waals surface area contributed by atoms with Gasteiger partial charge in [-0.3, -0.25) is 0 Å². The van der Waals surface area contributed by atoms with Crippen LogP contribution in [0.4, 0.5) is 0 Å². The first-order valence-corrected chi connectivity index (χ1v) is 14.0. The molecule has 0 bridgehead atoms. The van der Waals surface area contributed by atoms with Crippen molar-refractivity contribution in [3.05, 3.63) is 12.2 Å². The van der Waals surface area contributed by atoms with Gasteiger partial charge in [-0.05, 0) is 13.0 Å². The van der Waals surface area contributed by atoms with Crippen molar-refractivity contribution in [3.63, 3.8) is 0 Å². The van der Waals surface area contributed by atoms with E-state index in [-0.39, 0.29) is 0 Å². The Morgan fingerprint density at radius 1 is 1.38 bits per heavy atom. The van der Waals surface area contributed by atoms with E-state index in [2.05, 4.69) is 0 Å². The maximum absolute atomic E-state index is 11.7. The molecule has 0 saturated heterocycles. The third-order valence-corrected chi connectivity index (χ3v) is 24.3. The first-order chi connectivity index (χ1) is 5.95. The number of hydrogen-bond donors (Lipinski definition) is 0. The molecule has 0 amide bonds. The first-order valence-electron chi connectivity index (χ1n) is 4.03. The molecule has 0 aliphatic heterocycles. The van der Waals surface area contributed by atoms with E-state index in [4.69, 9.17) is 0 Å². The molecule has 0 aliphatic carbocycles. The molecule has 0 aliphatic rings. The molecule has 3 nitrogen and oxygen atoms in total. The molecule has 0 fully saturated rings. The second-order valence-electron chi connectivity index (χ2n) is 3.42. The molecule has 0 N–H and O–H groups in total. The summed E-state index contributed by atoms with van der Waals surface area (Å²) in [6.07, 6.45) is 3.86. The van der Waals surface area contributed by atoms with E-state index in [1.807, 2.05) is 32.2 Å². The van der Waals surface area contributed by atoms with Gasteiger partial charge in [-0.25, -0.2) is 0 Å². The standard InChI is InChI=1S/C6H13O3Si4/c1-4-5-6-13(2,3)12(9)11(8)10-7/h4-5H,6H2,1-3H3/b5-4-. The summed E-state index contributed by atoms with van der Waals surface area (Å²) in [6, 6.07) is 0.766. The van der Waals surface area contributed by atoms with Crippen LogP contribution in [0.1, 0.15) is 6.92 Å². The van der Waals surface area contributed by atoms with E-state index in [0.29, 0.717) is 0 Å². The van der Waals surface area contributed by atoms with Gasteiger partial charge in [0.25, 0.3) is 0 Å². The van der Waals surface area contributed by atoms with Crippen LogP contribution >= 0.6 is 0 Å². The van der Waals surface area contributed by atoms with Crippen LogP contribution in [0.5, 0.6) is 0 Å². The summed E-state index contributed by atoms with van der Waals surface area (Å²) in [5.41, 5.74) is 0. The Labute approximate surface area is 83.8 Å². The Bertz CT molecular complexity index is 259. The number of hydrogen-bond acceptors (Lipinski definition) is 3. The summed E-state index contributed by atoms with van der Waals surface area (Å²) in [4.78, 5) is 0. The lowest BCUT2D eigenvalue weighted by molar-refractivity contribution is 0.551. The van der Waals surface area contributed by atoms with Crippen LogP contribution < -0.4 is 0 Å². The lowest BCUT2D eigenvalue weighted by atomic mass is 10.6. The molecule has 0 heterocycles. The fourth-order valence-electron chi connectivity index (χ4n) is 0.859. The summed E-state index contributed by atoms with van der Waals surface area (Å²) in [6.45, 7) is 5.79. The van der Waals surface area contributed by atoms with Crippen molar-refractivity contribution >= 4 is 32.0 Å². The Hall–Kier alpha value is 0.00753. The Balaban J connectivity index is 4.53. The van der Waals surface area contributed by atoms with Crippen molar-refractivity contribution < 1.29 is 13.4 Å². The van der Waals surface area contributed by atoms with Gasteiger partial charge in [0.1, 0.15) is 7.59 Å². The van der Waals surface area contributed by atoms with E-state index in [9.17, 15) is 13.4 Å². The first kappa shape index (κ1) is 13.0. The lowest BCUT2D eigenvalue weighted by Gasteiger charge is -2.13. The smallest absolute Gasteiger partial charge is 0.380 e. The van der Waals surface area contributed by atoms with Gasteiger partial charge in [0.2, 0.25) is 0 Å². The molecule has 0 aromatic heterocycles. The van der Waals surface area contributed by atoms with Gasteiger partial charge in [-0.15, -0.1) is 0 Å². The molecule has 0 aromatic rings. The highest BCUT2D eigenvalue weighted by Gasteiger charge is 2.37. The lowest BCUT2D eigenvalue weighted by Crippen LogP contribution is -2.46. The van der Waals surface area contributed by atoms with Crippen molar-refractivity contribution in [2.45, 2.75) is 26.1 Å². The SMILES string of the molecule is C/C=C\C[Si](C)(C)[Si](=O)[Si](=O)[Si]=O. The van der Waals surface area contributed by atoms with E-state index < -0.39 is 32.0 Å². The average molecular weight is 246 g/mol. The molecule has 0 atom stereocenters. The summed E-state index contributed by atoms with van der Waals surface area (Å²) in [7, 11) is -7.16. The summed E-state index contributed by atoms with van der Waals surface area (Å²) < 4.78 is 33.2. The quantitative estimate of drug-likeness (QED) is 0.532. The minimum Gasteiger partial charge on any atom is -0.389 e. The Morgan fingerprint density at radius 3 is 2.31 bits per heavy atom. The fraction of sp³-hybridized carbons (Fsp3) is 0.667. The van der Waals surface area contributed by atoms with Gasteiger partial charge in [0.05, 0.1) is 0 Å². The third kappa shape index (κ3) is 4.16. The highest BCUT2D eigenvalue weighted by Crippen LogP contribution is 2.09. The zero-order valence-corrected chi connectivity index (χ0v) is 12.1. The van der Waals surface area contributed by atoms with Gasteiger partial charge in [0.15, 0.2) is 0 Å². The molecule has 7 heteroatoms. The van der Waals surface area contributed by atoms with Crippen molar-refractivity contribution in [2.24, 2.45) is 0 Å². The molecule has 13 heavy (non-hydrogen) atoms. The summed E-state index contributed by atoms with van der Waals surface area (Å²) in [5.74, 6) is 0. The second-order valence-corrected chi connectivity index (χ2v) is 22.2. The number of rotatable bonds is 5. The van der Waals surface area contributed by atoms with Gasteiger partial charge in [-0.2, -0.15) is 0 Å². The highest BCUT2D eigenvalue weighted by molar-refractivity contribution is 7.56. The van der Waals surface area contributed by atoms with E-state index in [0.717, 1.165) is 6.04 Å². The maximum atomic E-state index is 11.7. The van der Waals surface area contributed by atoms with Crippen LogP contribution in [0.2, 0.25) is 19.1 Å². The molecular formula is C6H13O3Si4. The van der Waals surface area contributed by atoms with E-state index in [1.54, 1.807) is 0 Å². The van der Waals surface area contributed by atoms with Crippen LogP contribution in [-0.2, 0) is 13.4 Å². The predicted molar refractivity (Wildman–Crippen MR) is 56.4 cm³/mol. The zero-order chi connectivity index (χ0) is 10.5. The van der Waals surface area contributed by atoms with Crippen LogP contribution in [0.25, 0.3) is 0 Å². The molecule has 0 rings (SSSR count). The van der Waals surface area contributed by atoms with Crippen LogP contribution in [0, 0.1) is 0 Å². The molecule has 71 valence electrons. The maximum Gasteiger partial charge on any atom is 0.380 e. The van der Waals surface area contributed by atoms with Crippen molar-refractivity contribution in [1.29, 1.82) is 0 Å². The molecule has 1 radical (unpaired) electrons. The Morgan fingerprint density at radius 2 is 1.92 bits per heavy atom. The van der Waals surface area contributed by atoms with Crippen LogP contribution in [0.3, 0.4) is 0 Å². The van der Waals surface area contributed by atoms with Crippen molar-refractivity contribution in [1.82, 2.24) is 0 Å².